The number of rotatable bonds is 5. The molecule has 0 spiro atoms. The molecule has 0 aliphatic carbocycles. The van der Waals surface area contributed by atoms with Gasteiger partial charge in [-0.1, -0.05) is 35.9 Å². The predicted octanol–water partition coefficient (Wildman–Crippen LogP) is 2.44. The molecule has 1 aliphatic heterocycles. The summed E-state index contributed by atoms with van der Waals surface area (Å²) in [6, 6.07) is 12.0. The third-order valence-electron chi connectivity index (χ3n) is 4.15. The fourth-order valence-corrected chi connectivity index (χ4v) is 3.15. The highest BCUT2D eigenvalue weighted by Gasteiger charge is 2.18. The molecule has 0 radical (unpaired) electrons. The average Bonchev–Trinajstić information content (AvgIpc) is 2.60. The molecule has 0 amide bonds. The molecule has 0 fully saturated rings. The summed E-state index contributed by atoms with van der Waals surface area (Å²) in [5.41, 5.74) is 3.15. The molecule has 5 nitrogen and oxygen atoms in total. The second-order valence-electron chi connectivity index (χ2n) is 5.95. The lowest BCUT2D eigenvalue weighted by Gasteiger charge is -2.30. The molecule has 1 aromatic carbocycles. The molecule has 1 atom stereocenters. The highest BCUT2D eigenvalue weighted by atomic mass is 35.5. The number of nitrogens with one attached hydrogen (secondary N) is 1. The molecule has 0 saturated carbocycles. The standard InChI is InChI=1S/C18H19ClN4O/c19-17-7-13(8-20)9-21-18(17)22-10-16(24)12-23-6-5-14-3-1-2-4-15(14)11-23/h1-4,7,9,16,24H,5-6,10-12H2,(H,21,22). The Balaban J connectivity index is 1.52. The molecular formula is C18H19ClN4O. The van der Waals surface area contributed by atoms with Crippen molar-refractivity contribution in [2.45, 2.75) is 19.1 Å². The number of nitriles is 1. The lowest BCUT2D eigenvalue weighted by Crippen LogP contribution is -2.39. The molecule has 1 aromatic heterocycles. The summed E-state index contributed by atoms with van der Waals surface area (Å²) in [5.74, 6) is 0.485. The first kappa shape index (κ1) is 16.7. The molecule has 6 heteroatoms. The van der Waals surface area contributed by atoms with Crippen molar-refractivity contribution < 1.29 is 5.11 Å². The first-order valence-electron chi connectivity index (χ1n) is 7.92. The zero-order valence-corrected chi connectivity index (χ0v) is 14.0. The van der Waals surface area contributed by atoms with E-state index >= 15 is 0 Å². The Bertz CT molecular complexity index is 759. The van der Waals surface area contributed by atoms with Crippen LogP contribution in [0.5, 0.6) is 0 Å². The third kappa shape index (κ3) is 4.04. The molecule has 0 saturated heterocycles. The number of hydrogen-bond donors (Lipinski definition) is 2. The highest BCUT2D eigenvalue weighted by molar-refractivity contribution is 6.33. The number of aliphatic hydroxyl groups excluding tert-OH is 1. The van der Waals surface area contributed by atoms with E-state index in [4.69, 9.17) is 16.9 Å². The quantitative estimate of drug-likeness (QED) is 0.873. The third-order valence-corrected chi connectivity index (χ3v) is 4.44. The van der Waals surface area contributed by atoms with Gasteiger partial charge in [0, 0.05) is 32.4 Å². The average molecular weight is 343 g/mol. The molecule has 1 aliphatic rings. The Morgan fingerprint density at radius 3 is 2.92 bits per heavy atom. The maximum absolute atomic E-state index is 10.3. The van der Waals surface area contributed by atoms with Gasteiger partial charge >= 0.3 is 0 Å². The SMILES string of the molecule is N#Cc1cnc(NCC(O)CN2CCc3ccccc3C2)c(Cl)c1. The van der Waals surface area contributed by atoms with Gasteiger partial charge in [0.05, 0.1) is 16.7 Å². The van der Waals surface area contributed by atoms with E-state index in [1.807, 2.05) is 6.07 Å². The van der Waals surface area contributed by atoms with Crippen molar-refractivity contribution in [2.75, 3.05) is 25.0 Å². The van der Waals surface area contributed by atoms with Gasteiger partial charge in [0.1, 0.15) is 11.9 Å². The second kappa shape index (κ2) is 7.63. The maximum Gasteiger partial charge on any atom is 0.144 e. The smallest absolute Gasteiger partial charge is 0.144 e. The van der Waals surface area contributed by atoms with Gasteiger partial charge in [-0.25, -0.2) is 4.98 Å². The van der Waals surface area contributed by atoms with Crippen LogP contribution >= 0.6 is 11.6 Å². The minimum absolute atomic E-state index is 0.358. The topological polar surface area (TPSA) is 72.2 Å². The van der Waals surface area contributed by atoms with Crippen LogP contribution in [0, 0.1) is 11.3 Å². The molecule has 124 valence electrons. The molecule has 3 rings (SSSR count). The van der Waals surface area contributed by atoms with Gasteiger partial charge in [0.25, 0.3) is 0 Å². The number of halogens is 1. The highest BCUT2D eigenvalue weighted by Crippen LogP contribution is 2.20. The van der Waals surface area contributed by atoms with E-state index in [1.54, 1.807) is 6.07 Å². The molecule has 0 bridgehead atoms. The van der Waals surface area contributed by atoms with Crippen LogP contribution in [0.1, 0.15) is 16.7 Å². The zero-order chi connectivity index (χ0) is 16.9. The largest absolute Gasteiger partial charge is 0.390 e. The van der Waals surface area contributed by atoms with Gasteiger partial charge in [-0.3, -0.25) is 4.90 Å². The fraction of sp³-hybridized carbons (Fsp3) is 0.333. The molecule has 2 heterocycles. The lowest BCUT2D eigenvalue weighted by molar-refractivity contribution is 0.114. The minimum Gasteiger partial charge on any atom is -0.390 e. The van der Waals surface area contributed by atoms with Gasteiger partial charge in [-0.05, 0) is 23.6 Å². The van der Waals surface area contributed by atoms with E-state index in [0.717, 1.165) is 19.5 Å². The number of anilines is 1. The van der Waals surface area contributed by atoms with Gasteiger partial charge < -0.3 is 10.4 Å². The number of pyridine rings is 1. The number of β-amino-alcohol motifs (C(OH)–C–C–N with tert-alkyl or cyclic N) is 1. The first-order valence-corrected chi connectivity index (χ1v) is 8.30. The summed E-state index contributed by atoms with van der Waals surface area (Å²) in [6.07, 6.45) is 1.95. The van der Waals surface area contributed by atoms with Crippen LogP contribution in [0.2, 0.25) is 5.02 Å². The summed E-state index contributed by atoms with van der Waals surface area (Å²) in [6.45, 7) is 2.76. The molecule has 2 N–H and O–H groups in total. The summed E-state index contributed by atoms with van der Waals surface area (Å²) < 4.78 is 0. The number of hydrogen-bond acceptors (Lipinski definition) is 5. The van der Waals surface area contributed by atoms with Crippen LogP contribution in [-0.2, 0) is 13.0 Å². The van der Waals surface area contributed by atoms with Crippen molar-refractivity contribution in [2.24, 2.45) is 0 Å². The van der Waals surface area contributed by atoms with Crippen molar-refractivity contribution in [1.29, 1.82) is 5.26 Å². The van der Waals surface area contributed by atoms with E-state index in [-0.39, 0.29) is 0 Å². The van der Waals surface area contributed by atoms with Crippen molar-refractivity contribution in [3.05, 3.63) is 58.2 Å². The Labute approximate surface area is 146 Å². The molecule has 1 unspecified atom stereocenters. The van der Waals surface area contributed by atoms with E-state index in [0.29, 0.717) is 29.5 Å². The van der Waals surface area contributed by atoms with Crippen LogP contribution < -0.4 is 5.32 Å². The summed E-state index contributed by atoms with van der Waals surface area (Å²) in [7, 11) is 0. The van der Waals surface area contributed by atoms with E-state index in [2.05, 4.69) is 39.5 Å². The number of nitrogens with zero attached hydrogens (tertiary/aromatic N) is 3. The second-order valence-corrected chi connectivity index (χ2v) is 6.36. The summed E-state index contributed by atoms with van der Waals surface area (Å²) >= 11 is 6.07. The predicted molar refractivity (Wildman–Crippen MR) is 93.9 cm³/mol. The fourth-order valence-electron chi connectivity index (χ4n) is 2.92. The first-order chi connectivity index (χ1) is 11.7. The summed E-state index contributed by atoms with van der Waals surface area (Å²) in [5, 5.41) is 22.5. The van der Waals surface area contributed by atoms with Gasteiger partial charge in [0.15, 0.2) is 0 Å². The molecule has 24 heavy (non-hydrogen) atoms. The van der Waals surface area contributed by atoms with Gasteiger partial charge in [-0.15, -0.1) is 0 Å². The number of fused-ring (bicyclic) bond motifs is 1. The maximum atomic E-state index is 10.3. The monoisotopic (exact) mass is 342 g/mol. The van der Waals surface area contributed by atoms with E-state index in [9.17, 15) is 5.11 Å². The Kier molecular flexibility index (Phi) is 5.31. The van der Waals surface area contributed by atoms with Crippen LogP contribution in [0.25, 0.3) is 0 Å². The Morgan fingerprint density at radius 1 is 1.38 bits per heavy atom. The Hall–Kier alpha value is -2.13. The number of aromatic nitrogens is 1. The van der Waals surface area contributed by atoms with Gasteiger partial charge in [-0.2, -0.15) is 5.26 Å². The Morgan fingerprint density at radius 2 is 2.17 bits per heavy atom. The number of benzene rings is 1. The molecule has 2 aromatic rings. The van der Waals surface area contributed by atoms with Crippen molar-refractivity contribution in [3.63, 3.8) is 0 Å². The van der Waals surface area contributed by atoms with Crippen molar-refractivity contribution >= 4 is 17.4 Å². The van der Waals surface area contributed by atoms with Crippen molar-refractivity contribution in [1.82, 2.24) is 9.88 Å². The zero-order valence-electron chi connectivity index (χ0n) is 13.2. The van der Waals surface area contributed by atoms with Crippen LogP contribution in [0.4, 0.5) is 5.82 Å². The van der Waals surface area contributed by atoms with E-state index < -0.39 is 6.10 Å². The minimum atomic E-state index is -0.524. The van der Waals surface area contributed by atoms with Crippen LogP contribution in [0.15, 0.2) is 36.5 Å². The van der Waals surface area contributed by atoms with Gasteiger partial charge in [0.2, 0.25) is 0 Å². The molecular weight excluding hydrogens is 324 g/mol. The van der Waals surface area contributed by atoms with Crippen LogP contribution in [-0.4, -0.2) is 40.7 Å². The van der Waals surface area contributed by atoms with Crippen LogP contribution in [0.3, 0.4) is 0 Å². The summed E-state index contributed by atoms with van der Waals surface area (Å²) in [4.78, 5) is 6.36. The number of aliphatic hydroxyl groups is 1. The lowest BCUT2D eigenvalue weighted by atomic mass is 10.00. The van der Waals surface area contributed by atoms with Crippen molar-refractivity contribution in [3.8, 4) is 6.07 Å². The van der Waals surface area contributed by atoms with E-state index in [1.165, 1.54) is 17.3 Å². The normalized spacial score (nSPS) is 15.4.